The van der Waals surface area contributed by atoms with Gasteiger partial charge in [-0.25, -0.2) is 4.79 Å². The van der Waals surface area contributed by atoms with Gasteiger partial charge in [-0.15, -0.1) is 0 Å². The van der Waals surface area contributed by atoms with Crippen molar-refractivity contribution in [1.82, 2.24) is 14.7 Å². The van der Waals surface area contributed by atoms with Crippen LogP contribution < -0.4 is 5.63 Å². The Bertz CT molecular complexity index is 926. The molecule has 0 spiro atoms. The average Bonchev–Trinajstić information content (AvgIpc) is 3.00. The standard InChI is InChI=1S/C18H21N3O3/c1-3-5-10-20(4-2)16(22)12-21-17-13-8-6-7-9-15(13)24-18(23)14(17)11-19-21/h6-9,11H,3-5,10,12H2,1-2H3. The second-order valence-electron chi connectivity index (χ2n) is 5.78. The number of hydrogen-bond donors (Lipinski definition) is 0. The van der Waals surface area contributed by atoms with E-state index in [1.807, 2.05) is 30.0 Å². The van der Waals surface area contributed by atoms with Crippen molar-refractivity contribution in [3.05, 3.63) is 40.9 Å². The van der Waals surface area contributed by atoms with Gasteiger partial charge in [0.15, 0.2) is 0 Å². The number of rotatable bonds is 6. The third-order valence-corrected chi connectivity index (χ3v) is 4.21. The molecule has 6 nitrogen and oxygen atoms in total. The van der Waals surface area contributed by atoms with Crippen molar-refractivity contribution in [2.45, 2.75) is 33.2 Å². The van der Waals surface area contributed by atoms with Crippen LogP contribution in [0.5, 0.6) is 0 Å². The van der Waals surface area contributed by atoms with Gasteiger partial charge in [0.2, 0.25) is 5.91 Å². The summed E-state index contributed by atoms with van der Waals surface area (Å²) in [5.41, 5.74) is 0.727. The first-order valence-electron chi connectivity index (χ1n) is 8.30. The molecule has 24 heavy (non-hydrogen) atoms. The largest absolute Gasteiger partial charge is 0.422 e. The van der Waals surface area contributed by atoms with Gasteiger partial charge in [-0.2, -0.15) is 5.10 Å². The van der Waals surface area contributed by atoms with Crippen LogP contribution >= 0.6 is 0 Å². The molecule has 1 amide bonds. The van der Waals surface area contributed by atoms with Gasteiger partial charge in [0.05, 0.1) is 11.7 Å². The molecule has 0 aliphatic carbocycles. The maximum Gasteiger partial charge on any atom is 0.347 e. The zero-order chi connectivity index (χ0) is 17.1. The van der Waals surface area contributed by atoms with Crippen molar-refractivity contribution in [1.29, 1.82) is 0 Å². The van der Waals surface area contributed by atoms with E-state index >= 15 is 0 Å². The molecule has 6 heteroatoms. The smallest absolute Gasteiger partial charge is 0.347 e. The molecule has 0 N–H and O–H groups in total. The van der Waals surface area contributed by atoms with Crippen molar-refractivity contribution in [2.75, 3.05) is 13.1 Å². The maximum absolute atomic E-state index is 12.6. The maximum atomic E-state index is 12.6. The first-order chi connectivity index (χ1) is 11.7. The van der Waals surface area contributed by atoms with E-state index in [9.17, 15) is 9.59 Å². The van der Waals surface area contributed by atoms with Crippen LogP contribution in [0.3, 0.4) is 0 Å². The number of benzene rings is 1. The van der Waals surface area contributed by atoms with Gasteiger partial charge in [0, 0.05) is 18.5 Å². The van der Waals surface area contributed by atoms with Crippen LogP contribution in [-0.2, 0) is 11.3 Å². The predicted octanol–water partition coefficient (Wildman–Crippen LogP) is 2.79. The summed E-state index contributed by atoms with van der Waals surface area (Å²) in [5.74, 6) is 0.00766. The Morgan fingerprint density at radius 2 is 2.04 bits per heavy atom. The fourth-order valence-electron chi connectivity index (χ4n) is 2.88. The number of likely N-dealkylation sites (N-methyl/N-ethyl adjacent to an activating group) is 1. The second-order valence-corrected chi connectivity index (χ2v) is 5.78. The number of amides is 1. The zero-order valence-corrected chi connectivity index (χ0v) is 14.0. The van der Waals surface area contributed by atoms with Gasteiger partial charge >= 0.3 is 5.63 Å². The molecule has 0 saturated heterocycles. The lowest BCUT2D eigenvalue weighted by atomic mass is 10.2. The molecule has 0 radical (unpaired) electrons. The molecule has 0 atom stereocenters. The third kappa shape index (κ3) is 2.91. The van der Waals surface area contributed by atoms with Gasteiger partial charge < -0.3 is 9.32 Å². The molecule has 0 aliphatic heterocycles. The SMILES string of the molecule is CCCCN(CC)C(=O)Cn1ncc2c(=O)oc3ccccc3c21. The van der Waals surface area contributed by atoms with Gasteiger partial charge in [0.1, 0.15) is 17.5 Å². The second kappa shape index (κ2) is 6.86. The van der Waals surface area contributed by atoms with E-state index in [0.29, 0.717) is 23.0 Å². The summed E-state index contributed by atoms with van der Waals surface area (Å²) in [6.45, 7) is 5.60. The molecular formula is C18H21N3O3. The van der Waals surface area contributed by atoms with Crippen LogP contribution in [0.25, 0.3) is 21.9 Å². The van der Waals surface area contributed by atoms with Crippen molar-refractivity contribution < 1.29 is 9.21 Å². The Balaban J connectivity index is 2.01. The summed E-state index contributed by atoms with van der Waals surface area (Å²) in [4.78, 5) is 26.5. The number of nitrogens with zero attached hydrogens (tertiary/aromatic N) is 3. The van der Waals surface area contributed by atoms with Crippen LogP contribution in [0.15, 0.2) is 39.7 Å². The van der Waals surface area contributed by atoms with Crippen LogP contribution in [0.2, 0.25) is 0 Å². The number of fused-ring (bicyclic) bond motifs is 3. The minimum Gasteiger partial charge on any atom is -0.422 e. The summed E-state index contributed by atoms with van der Waals surface area (Å²) in [7, 11) is 0. The Kier molecular flexibility index (Phi) is 4.64. The van der Waals surface area contributed by atoms with Gasteiger partial charge in [0.25, 0.3) is 0 Å². The topological polar surface area (TPSA) is 68.3 Å². The number of carbonyl (C=O) groups excluding carboxylic acids is 1. The van der Waals surface area contributed by atoms with Gasteiger partial charge in [-0.05, 0) is 25.5 Å². The third-order valence-electron chi connectivity index (χ3n) is 4.21. The summed E-state index contributed by atoms with van der Waals surface area (Å²) in [6, 6.07) is 7.31. The molecule has 0 fully saturated rings. The number of unbranched alkanes of at least 4 members (excludes halogenated alkanes) is 1. The summed E-state index contributed by atoms with van der Waals surface area (Å²) < 4.78 is 6.91. The first kappa shape index (κ1) is 16.2. The van der Waals surface area contributed by atoms with Gasteiger partial charge in [-0.3, -0.25) is 9.48 Å². The molecule has 3 rings (SSSR count). The Hall–Kier alpha value is -2.63. The van der Waals surface area contributed by atoms with Crippen molar-refractivity contribution in [3.63, 3.8) is 0 Å². The highest BCUT2D eigenvalue weighted by Gasteiger charge is 2.17. The quantitative estimate of drug-likeness (QED) is 0.653. The molecule has 3 aromatic rings. The molecule has 0 saturated carbocycles. The molecule has 0 aliphatic rings. The van der Waals surface area contributed by atoms with Crippen LogP contribution in [-0.4, -0.2) is 33.7 Å². The molecular weight excluding hydrogens is 306 g/mol. The molecule has 0 bridgehead atoms. The predicted molar refractivity (Wildman–Crippen MR) is 92.9 cm³/mol. The van der Waals surface area contributed by atoms with Crippen molar-refractivity contribution in [3.8, 4) is 0 Å². The Labute approximate surface area is 139 Å². The highest BCUT2D eigenvalue weighted by Crippen LogP contribution is 2.22. The lowest BCUT2D eigenvalue weighted by Crippen LogP contribution is -2.34. The van der Waals surface area contributed by atoms with E-state index in [2.05, 4.69) is 12.0 Å². The molecule has 0 unspecified atom stereocenters. The highest BCUT2D eigenvalue weighted by atomic mass is 16.4. The zero-order valence-electron chi connectivity index (χ0n) is 14.0. The number of hydrogen-bond acceptors (Lipinski definition) is 4. The van der Waals surface area contributed by atoms with E-state index in [4.69, 9.17) is 4.42 Å². The normalized spacial score (nSPS) is 11.2. The number of aromatic nitrogens is 2. The Morgan fingerprint density at radius 1 is 1.25 bits per heavy atom. The van der Waals surface area contributed by atoms with E-state index in [0.717, 1.165) is 24.8 Å². The number of para-hydroxylation sites is 1. The van der Waals surface area contributed by atoms with E-state index in [-0.39, 0.29) is 12.5 Å². The lowest BCUT2D eigenvalue weighted by Gasteiger charge is -2.20. The molecule has 1 aromatic carbocycles. The Morgan fingerprint density at radius 3 is 2.79 bits per heavy atom. The molecule has 2 heterocycles. The summed E-state index contributed by atoms with van der Waals surface area (Å²) in [6.07, 6.45) is 3.50. The monoisotopic (exact) mass is 327 g/mol. The fraction of sp³-hybridized carbons (Fsp3) is 0.389. The summed E-state index contributed by atoms with van der Waals surface area (Å²) in [5, 5.41) is 5.44. The van der Waals surface area contributed by atoms with E-state index in [1.54, 1.807) is 10.7 Å². The average molecular weight is 327 g/mol. The first-order valence-corrected chi connectivity index (χ1v) is 8.30. The van der Waals surface area contributed by atoms with Crippen molar-refractivity contribution in [2.24, 2.45) is 0 Å². The van der Waals surface area contributed by atoms with Gasteiger partial charge in [-0.1, -0.05) is 25.5 Å². The molecule has 126 valence electrons. The van der Waals surface area contributed by atoms with E-state index < -0.39 is 5.63 Å². The van der Waals surface area contributed by atoms with Crippen LogP contribution in [0, 0.1) is 0 Å². The highest BCUT2D eigenvalue weighted by molar-refractivity contribution is 6.02. The number of carbonyl (C=O) groups is 1. The minimum absolute atomic E-state index is 0.00766. The lowest BCUT2D eigenvalue weighted by molar-refractivity contribution is -0.131. The summed E-state index contributed by atoms with van der Waals surface area (Å²) >= 11 is 0. The van der Waals surface area contributed by atoms with E-state index in [1.165, 1.54) is 6.20 Å². The fourth-order valence-corrected chi connectivity index (χ4v) is 2.88. The van der Waals surface area contributed by atoms with Crippen LogP contribution in [0.1, 0.15) is 26.7 Å². The minimum atomic E-state index is -0.430. The molecule has 2 aromatic heterocycles. The van der Waals surface area contributed by atoms with Crippen molar-refractivity contribution >= 4 is 27.8 Å². The van der Waals surface area contributed by atoms with Crippen LogP contribution in [0.4, 0.5) is 0 Å².